The summed E-state index contributed by atoms with van der Waals surface area (Å²) >= 11 is 0. The maximum atomic E-state index is 12.9. The molecule has 0 aliphatic carbocycles. The Hall–Kier alpha value is -2.53. The fourth-order valence-electron chi connectivity index (χ4n) is 3.40. The lowest BCUT2D eigenvalue weighted by molar-refractivity contribution is -0.132. The fraction of sp³-hybridized carbons (Fsp3) is 0.458. The molecule has 2 aromatic rings. The third kappa shape index (κ3) is 6.79. The molecule has 0 saturated heterocycles. The van der Waals surface area contributed by atoms with E-state index in [1.54, 1.807) is 0 Å². The highest BCUT2D eigenvalue weighted by molar-refractivity contribution is 5.76. The molecule has 3 rings (SSSR count). The summed E-state index contributed by atoms with van der Waals surface area (Å²) in [5.74, 6) is 2.16. The number of fused-ring (bicyclic) bond motifs is 1. The summed E-state index contributed by atoms with van der Waals surface area (Å²) < 4.78 is 11.5. The zero-order chi connectivity index (χ0) is 20.5. The minimum Gasteiger partial charge on any atom is -0.490 e. The maximum Gasteiger partial charge on any atom is 0.224 e. The number of hydrogen-bond acceptors (Lipinski definition) is 4. The predicted octanol–water partition coefficient (Wildman–Crippen LogP) is 4.01. The van der Waals surface area contributed by atoms with Crippen molar-refractivity contribution in [3.05, 3.63) is 59.7 Å². The zero-order valence-electron chi connectivity index (χ0n) is 17.5. The lowest BCUT2D eigenvalue weighted by Gasteiger charge is -2.25. The van der Waals surface area contributed by atoms with E-state index >= 15 is 0 Å². The molecule has 0 radical (unpaired) electrons. The Morgan fingerprint density at radius 2 is 1.79 bits per heavy atom. The van der Waals surface area contributed by atoms with Crippen LogP contribution in [-0.2, 0) is 17.9 Å². The summed E-state index contributed by atoms with van der Waals surface area (Å²) in [6, 6.07) is 16.2. The van der Waals surface area contributed by atoms with Crippen molar-refractivity contribution in [2.45, 2.75) is 39.8 Å². The van der Waals surface area contributed by atoms with E-state index in [0.29, 0.717) is 38.6 Å². The molecule has 1 aliphatic heterocycles. The second-order valence-corrected chi connectivity index (χ2v) is 7.91. The van der Waals surface area contributed by atoms with Crippen LogP contribution in [0, 0.1) is 5.92 Å². The van der Waals surface area contributed by atoms with Gasteiger partial charge in [-0.3, -0.25) is 4.79 Å². The molecular formula is C24H32N2O3. The van der Waals surface area contributed by atoms with E-state index in [2.05, 4.69) is 31.3 Å². The van der Waals surface area contributed by atoms with Crippen LogP contribution < -0.4 is 14.8 Å². The Labute approximate surface area is 174 Å². The Balaban J connectivity index is 1.55. The monoisotopic (exact) mass is 396 g/mol. The first-order chi connectivity index (χ1) is 14.1. The minimum atomic E-state index is 0.173. The van der Waals surface area contributed by atoms with Crippen molar-refractivity contribution in [1.82, 2.24) is 10.2 Å². The van der Waals surface area contributed by atoms with Crippen molar-refractivity contribution in [3.63, 3.8) is 0 Å². The number of benzene rings is 2. The van der Waals surface area contributed by atoms with Gasteiger partial charge in [0.1, 0.15) is 0 Å². The van der Waals surface area contributed by atoms with Crippen LogP contribution in [0.4, 0.5) is 0 Å². The van der Waals surface area contributed by atoms with Crippen molar-refractivity contribution < 1.29 is 14.3 Å². The van der Waals surface area contributed by atoms with Gasteiger partial charge in [-0.1, -0.05) is 50.2 Å². The number of rotatable bonds is 9. The molecule has 156 valence electrons. The van der Waals surface area contributed by atoms with Crippen LogP contribution in [0.5, 0.6) is 11.5 Å². The number of hydrogen-bond donors (Lipinski definition) is 1. The summed E-state index contributed by atoms with van der Waals surface area (Å²) in [6.45, 7) is 8.41. The van der Waals surface area contributed by atoms with Gasteiger partial charge in [0, 0.05) is 39.0 Å². The molecule has 1 amide bonds. The largest absolute Gasteiger partial charge is 0.490 e. The van der Waals surface area contributed by atoms with E-state index in [-0.39, 0.29) is 5.91 Å². The number of ether oxygens (including phenoxy) is 2. The molecule has 0 spiro atoms. The van der Waals surface area contributed by atoms with Gasteiger partial charge < -0.3 is 19.7 Å². The standard InChI is InChI=1S/C24H32N2O3/c1-19(2)17-26(24(27)11-12-25-16-20-7-4-3-5-8-20)18-21-9-10-22-23(15-21)29-14-6-13-28-22/h3-5,7-10,15,19,25H,6,11-14,16-18H2,1-2H3. The van der Waals surface area contributed by atoms with Crippen molar-refractivity contribution >= 4 is 5.91 Å². The average Bonchev–Trinajstić information content (AvgIpc) is 2.96. The number of carbonyl (C=O) groups is 1. The highest BCUT2D eigenvalue weighted by Gasteiger charge is 2.17. The summed E-state index contributed by atoms with van der Waals surface area (Å²) in [5.41, 5.74) is 2.30. The molecular weight excluding hydrogens is 364 g/mol. The molecule has 0 fully saturated rings. The van der Waals surface area contributed by atoms with Crippen LogP contribution >= 0.6 is 0 Å². The van der Waals surface area contributed by atoms with Crippen LogP contribution in [0.1, 0.15) is 37.8 Å². The first-order valence-corrected chi connectivity index (χ1v) is 10.5. The highest BCUT2D eigenvalue weighted by Crippen LogP contribution is 2.30. The molecule has 0 unspecified atom stereocenters. The van der Waals surface area contributed by atoms with E-state index in [1.165, 1.54) is 5.56 Å². The molecule has 0 saturated carbocycles. The van der Waals surface area contributed by atoms with E-state index in [4.69, 9.17) is 9.47 Å². The second kappa shape index (κ2) is 10.9. The lowest BCUT2D eigenvalue weighted by Crippen LogP contribution is -2.35. The van der Waals surface area contributed by atoms with Gasteiger partial charge in [0.2, 0.25) is 5.91 Å². The summed E-state index contributed by atoms with van der Waals surface area (Å²) in [6.07, 6.45) is 1.38. The third-order valence-electron chi connectivity index (χ3n) is 4.81. The van der Waals surface area contributed by atoms with Crippen molar-refractivity contribution in [3.8, 4) is 11.5 Å². The summed E-state index contributed by atoms with van der Waals surface area (Å²) in [7, 11) is 0. The van der Waals surface area contributed by atoms with Crippen LogP contribution in [-0.4, -0.2) is 37.1 Å². The van der Waals surface area contributed by atoms with Gasteiger partial charge >= 0.3 is 0 Å². The quantitative estimate of drug-likeness (QED) is 0.651. The minimum absolute atomic E-state index is 0.173. The van der Waals surface area contributed by atoms with Gasteiger partial charge in [-0.25, -0.2) is 0 Å². The van der Waals surface area contributed by atoms with Gasteiger partial charge in [0.15, 0.2) is 11.5 Å². The first kappa shape index (κ1) is 21.2. The first-order valence-electron chi connectivity index (χ1n) is 10.5. The van der Waals surface area contributed by atoms with Crippen LogP contribution in [0.15, 0.2) is 48.5 Å². The normalized spacial score (nSPS) is 13.2. The lowest BCUT2D eigenvalue weighted by atomic mass is 10.1. The van der Waals surface area contributed by atoms with Gasteiger partial charge in [-0.15, -0.1) is 0 Å². The van der Waals surface area contributed by atoms with Crippen LogP contribution in [0.2, 0.25) is 0 Å². The summed E-state index contributed by atoms with van der Waals surface area (Å²) in [4.78, 5) is 14.8. The number of carbonyl (C=O) groups excluding carboxylic acids is 1. The van der Waals surface area contributed by atoms with Crippen molar-refractivity contribution in [2.24, 2.45) is 5.92 Å². The molecule has 1 N–H and O–H groups in total. The molecule has 2 aromatic carbocycles. The smallest absolute Gasteiger partial charge is 0.224 e. The zero-order valence-corrected chi connectivity index (χ0v) is 17.5. The molecule has 29 heavy (non-hydrogen) atoms. The SMILES string of the molecule is CC(C)CN(Cc1ccc2c(c1)OCCCO2)C(=O)CCNCc1ccccc1. The Kier molecular flexibility index (Phi) is 7.94. The maximum absolute atomic E-state index is 12.9. The van der Waals surface area contributed by atoms with E-state index in [9.17, 15) is 4.79 Å². The van der Waals surface area contributed by atoms with Crippen molar-refractivity contribution in [1.29, 1.82) is 0 Å². The van der Waals surface area contributed by atoms with Crippen molar-refractivity contribution in [2.75, 3.05) is 26.3 Å². The number of amides is 1. The van der Waals surface area contributed by atoms with Crippen LogP contribution in [0.25, 0.3) is 0 Å². The Morgan fingerprint density at radius 3 is 2.55 bits per heavy atom. The molecule has 0 aromatic heterocycles. The van der Waals surface area contributed by atoms with Gasteiger partial charge in [-0.2, -0.15) is 0 Å². The number of nitrogens with zero attached hydrogens (tertiary/aromatic N) is 1. The molecule has 1 aliphatic rings. The fourth-order valence-corrected chi connectivity index (χ4v) is 3.40. The molecule has 1 heterocycles. The second-order valence-electron chi connectivity index (χ2n) is 7.91. The average molecular weight is 397 g/mol. The molecule has 5 heteroatoms. The molecule has 0 bridgehead atoms. The van der Waals surface area contributed by atoms with Gasteiger partial charge in [-0.05, 0) is 29.2 Å². The highest BCUT2D eigenvalue weighted by atomic mass is 16.5. The van der Waals surface area contributed by atoms with E-state index < -0.39 is 0 Å². The van der Waals surface area contributed by atoms with E-state index in [1.807, 2.05) is 41.3 Å². The van der Waals surface area contributed by atoms with Gasteiger partial charge in [0.05, 0.1) is 13.2 Å². The van der Waals surface area contributed by atoms with Gasteiger partial charge in [0.25, 0.3) is 0 Å². The van der Waals surface area contributed by atoms with Crippen LogP contribution in [0.3, 0.4) is 0 Å². The number of nitrogens with one attached hydrogen (secondary N) is 1. The predicted molar refractivity (Wildman–Crippen MR) is 115 cm³/mol. The molecule has 0 atom stereocenters. The third-order valence-corrected chi connectivity index (χ3v) is 4.81. The van der Waals surface area contributed by atoms with E-state index in [0.717, 1.165) is 36.6 Å². The topological polar surface area (TPSA) is 50.8 Å². The Morgan fingerprint density at radius 1 is 1.03 bits per heavy atom. The summed E-state index contributed by atoms with van der Waals surface area (Å²) in [5, 5.41) is 3.37. The Bertz CT molecular complexity index is 777. The molecule has 5 nitrogen and oxygen atoms in total.